The summed E-state index contributed by atoms with van der Waals surface area (Å²) >= 11 is 0. The zero-order chi connectivity index (χ0) is 19.8. The van der Waals surface area contributed by atoms with Crippen LogP contribution in [0.15, 0.2) is 6.07 Å². The highest BCUT2D eigenvalue weighted by molar-refractivity contribution is 5.93. The molecule has 1 saturated heterocycles. The van der Waals surface area contributed by atoms with Crippen LogP contribution in [-0.2, 0) is 4.74 Å². The fourth-order valence-electron chi connectivity index (χ4n) is 2.85. The van der Waals surface area contributed by atoms with E-state index in [2.05, 4.69) is 20.2 Å². The zero-order valence-electron chi connectivity index (χ0n) is 16.7. The van der Waals surface area contributed by atoms with Gasteiger partial charge in [0.1, 0.15) is 17.3 Å². The number of aryl methyl sites for hydroxylation is 1. The van der Waals surface area contributed by atoms with Crippen molar-refractivity contribution in [3.05, 3.63) is 17.6 Å². The van der Waals surface area contributed by atoms with E-state index >= 15 is 0 Å². The largest absolute Gasteiger partial charge is 0.450 e. The van der Waals surface area contributed by atoms with Crippen molar-refractivity contribution in [1.29, 1.82) is 0 Å². The molecule has 0 unspecified atom stereocenters. The number of anilines is 1. The van der Waals surface area contributed by atoms with E-state index in [9.17, 15) is 9.59 Å². The Hall–Kier alpha value is -2.42. The zero-order valence-corrected chi connectivity index (χ0v) is 16.7. The SMILES string of the molecule is CCOC(=O)N1CCN(C(=O)c2cc(NCCCN(C)C)nc(C)n2)CC1. The highest BCUT2D eigenvalue weighted by atomic mass is 16.6. The van der Waals surface area contributed by atoms with Gasteiger partial charge in [-0.3, -0.25) is 4.79 Å². The van der Waals surface area contributed by atoms with Crippen LogP contribution < -0.4 is 5.32 Å². The Morgan fingerprint density at radius 2 is 1.85 bits per heavy atom. The Morgan fingerprint density at radius 3 is 2.48 bits per heavy atom. The number of ether oxygens (including phenoxy) is 1. The Bertz CT molecular complexity index is 644. The van der Waals surface area contributed by atoms with Crippen LogP contribution in [0, 0.1) is 6.92 Å². The van der Waals surface area contributed by atoms with Gasteiger partial charge < -0.3 is 24.8 Å². The van der Waals surface area contributed by atoms with Crippen molar-refractivity contribution in [2.24, 2.45) is 0 Å². The first-order chi connectivity index (χ1) is 12.9. The molecule has 1 aromatic rings. The molecule has 9 nitrogen and oxygen atoms in total. The van der Waals surface area contributed by atoms with Crippen molar-refractivity contribution < 1.29 is 14.3 Å². The maximum atomic E-state index is 12.8. The van der Waals surface area contributed by atoms with Crippen molar-refractivity contribution in [1.82, 2.24) is 24.7 Å². The van der Waals surface area contributed by atoms with Gasteiger partial charge in [0.15, 0.2) is 0 Å². The van der Waals surface area contributed by atoms with Crippen LogP contribution in [0.5, 0.6) is 0 Å². The summed E-state index contributed by atoms with van der Waals surface area (Å²) in [6, 6.07) is 1.70. The molecule has 0 saturated carbocycles. The summed E-state index contributed by atoms with van der Waals surface area (Å²) in [7, 11) is 4.07. The third kappa shape index (κ3) is 6.35. The van der Waals surface area contributed by atoms with E-state index in [4.69, 9.17) is 4.74 Å². The van der Waals surface area contributed by atoms with Gasteiger partial charge in [0.2, 0.25) is 0 Å². The van der Waals surface area contributed by atoms with Gasteiger partial charge in [0, 0.05) is 38.8 Å². The quantitative estimate of drug-likeness (QED) is 0.710. The summed E-state index contributed by atoms with van der Waals surface area (Å²) in [5.74, 6) is 1.08. The summed E-state index contributed by atoms with van der Waals surface area (Å²) in [5.41, 5.74) is 0.377. The molecule has 1 fully saturated rings. The number of rotatable bonds is 7. The van der Waals surface area contributed by atoms with Crippen LogP contribution in [0.2, 0.25) is 0 Å². The van der Waals surface area contributed by atoms with Crippen LogP contribution in [-0.4, -0.2) is 96.6 Å². The van der Waals surface area contributed by atoms with E-state index < -0.39 is 0 Å². The number of aromatic nitrogens is 2. The number of hydrogen-bond acceptors (Lipinski definition) is 7. The Balaban J connectivity index is 1.93. The lowest BCUT2D eigenvalue weighted by molar-refractivity contribution is 0.0565. The van der Waals surface area contributed by atoms with Crippen molar-refractivity contribution in [2.45, 2.75) is 20.3 Å². The lowest BCUT2D eigenvalue weighted by Gasteiger charge is -2.33. The third-order valence-corrected chi connectivity index (χ3v) is 4.24. The molecule has 2 heterocycles. The summed E-state index contributed by atoms with van der Waals surface area (Å²) in [4.78, 5) is 38.7. The highest BCUT2D eigenvalue weighted by Gasteiger charge is 2.26. The Labute approximate surface area is 160 Å². The second-order valence-electron chi connectivity index (χ2n) is 6.75. The van der Waals surface area contributed by atoms with E-state index in [0.717, 1.165) is 19.5 Å². The predicted molar refractivity (Wildman–Crippen MR) is 103 cm³/mol. The number of carbonyl (C=O) groups is 2. The fraction of sp³-hybridized carbons (Fsp3) is 0.667. The van der Waals surface area contributed by atoms with Gasteiger partial charge in [-0.1, -0.05) is 0 Å². The smallest absolute Gasteiger partial charge is 0.409 e. The number of carbonyl (C=O) groups excluding carboxylic acids is 2. The maximum absolute atomic E-state index is 12.8. The number of nitrogens with one attached hydrogen (secondary N) is 1. The first-order valence-corrected chi connectivity index (χ1v) is 9.36. The predicted octanol–water partition coefficient (Wildman–Crippen LogP) is 1.06. The van der Waals surface area contributed by atoms with Crippen LogP contribution in [0.1, 0.15) is 29.7 Å². The van der Waals surface area contributed by atoms with E-state index in [1.54, 1.807) is 29.7 Å². The molecule has 1 N–H and O–H groups in total. The molecule has 1 aliphatic heterocycles. The molecule has 0 aromatic carbocycles. The molecule has 0 aliphatic carbocycles. The average molecular weight is 378 g/mol. The summed E-state index contributed by atoms with van der Waals surface area (Å²) in [6.07, 6.45) is 0.654. The first kappa shape index (κ1) is 20.9. The molecule has 0 atom stereocenters. The lowest BCUT2D eigenvalue weighted by atomic mass is 10.2. The minimum atomic E-state index is -0.327. The van der Waals surface area contributed by atoms with Gasteiger partial charge in [0.25, 0.3) is 5.91 Å². The van der Waals surface area contributed by atoms with Crippen LogP contribution in [0.4, 0.5) is 10.6 Å². The number of piperazine rings is 1. The Morgan fingerprint density at radius 1 is 1.19 bits per heavy atom. The molecule has 150 valence electrons. The van der Waals surface area contributed by atoms with Gasteiger partial charge in [0.05, 0.1) is 6.61 Å². The maximum Gasteiger partial charge on any atom is 0.409 e. The molecule has 0 spiro atoms. The van der Waals surface area contributed by atoms with Crippen molar-refractivity contribution in [3.63, 3.8) is 0 Å². The highest BCUT2D eigenvalue weighted by Crippen LogP contribution is 2.12. The normalized spacial score (nSPS) is 14.4. The van der Waals surface area contributed by atoms with Crippen LogP contribution >= 0.6 is 0 Å². The van der Waals surface area contributed by atoms with E-state index in [1.165, 1.54) is 0 Å². The Kier molecular flexibility index (Phi) is 7.78. The summed E-state index contributed by atoms with van der Waals surface area (Å²) < 4.78 is 5.01. The number of amides is 2. The van der Waals surface area contributed by atoms with Crippen LogP contribution in [0.25, 0.3) is 0 Å². The second-order valence-corrected chi connectivity index (χ2v) is 6.75. The summed E-state index contributed by atoms with van der Waals surface area (Å²) in [6.45, 7) is 7.52. The molecular formula is C18H30N6O3. The van der Waals surface area contributed by atoms with Crippen molar-refractivity contribution in [3.8, 4) is 0 Å². The molecule has 9 heteroatoms. The molecule has 2 amide bonds. The standard InChI is InChI=1S/C18H30N6O3/c1-5-27-18(26)24-11-9-23(10-12-24)17(25)15-13-16(21-14(2)20-15)19-7-6-8-22(3)4/h13H,5-12H2,1-4H3,(H,19,20,21). The van der Waals surface area contributed by atoms with Gasteiger partial charge >= 0.3 is 6.09 Å². The number of nitrogens with zero attached hydrogens (tertiary/aromatic N) is 5. The molecule has 0 radical (unpaired) electrons. The van der Waals surface area contributed by atoms with E-state index in [-0.39, 0.29) is 12.0 Å². The third-order valence-electron chi connectivity index (χ3n) is 4.24. The topological polar surface area (TPSA) is 90.9 Å². The van der Waals surface area contributed by atoms with E-state index in [1.807, 2.05) is 14.1 Å². The van der Waals surface area contributed by atoms with E-state index in [0.29, 0.717) is 50.1 Å². The monoisotopic (exact) mass is 378 g/mol. The van der Waals surface area contributed by atoms with Gasteiger partial charge in [-0.15, -0.1) is 0 Å². The molecule has 1 aliphatic rings. The molecule has 1 aromatic heterocycles. The van der Waals surface area contributed by atoms with Gasteiger partial charge in [-0.25, -0.2) is 14.8 Å². The fourth-order valence-corrected chi connectivity index (χ4v) is 2.85. The molecule has 0 bridgehead atoms. The first-order valence-electron chi connectivity index (χ1n) is 9.36. The molecular weight excluding hydrogens is 348 g/mol. The van der Waals surface area contributed by atoms with Crippen LogP contribution in [0.3, 0.4) is 0 Å². The minimum Gasteiger partial charge on any atom is -0.450 e. The molecule has 2 rings (SSSR count). The van der Waals surface area contributed by atoms with Gasteiger partial charge in [-0.05, 0) is 40.9 Å². The second kappa shape index (κ2) is 10.1. The number of hydrogen-bond donors (Lipinski definition) is 1. The van der Waals surface area contributed by atoms with Gasteiger partial charge in [-0.2, -0.15) is 0 Å². The lowest BCUT2D eigenvalue weighted by Crippen LogP contribution is -2.50. The minimum absolute atomic E-state index is 0.139. The molecule has 27 heavy (non-hydrogen) atoms. The average Bonchev–Trinajstić information content (AvgIpc) is 2.64. The van der Waals surface area contributed by atoms with Crippen molar-refractivity contribution in [2.75, 3.05) is 65.3 Å². The van der Waals surface area contributed by atoms with Crippen molar-refractivity contribution >= 4 is 17.8 Å². The summed E-state index contributed by atoms with van der Waals surface area (Å²) in [5, 5.41) is 3.26.